The highest BCUT2D eigenvalue weighted by atomic mass is 16.5. The first-order chi connectivity index (χ1) is 9.42. The molecule has 6 bridgehead atoms. The van der Waals surface area contributed by atoms with Gasteiger partial charge in [0.25, 0.3) is 0 Å². The molecule has 0 heterocycles. The van der Waals surface area contributed by atoms with E-state index in [0.717, 1.165) is 12.8 Å². The maximum Gasteiger partial charge on any atom is 0.312 e. The number of hydrogen-bond donors (Lipinski definition) is 0. The maximum atomic E-state index is 12.6. The predicted octanol–water partition coefficient (Wildman–Crippen LogP) is 2.80. The molecule has 0 aliphatic heterocycles. The van der Waals surface area contributed by atoms with E-state index in [1.54, 1.807) is 0 Å². The van der Waals surface area contributed by atoms with Crippen LogP contribution in [0, 0.1) is 35.0 Å². The highest BCUT2D eigenvalue weighted by Crippen LogP contribution is 2.83. The minimum atomic E-state index is -0.280. The van der Waals surface area contributed by atoms with Gasteiger partial charge in [0, 0.05) is 5.92 Å². The van der Waals surface area contributed by atoms with Gasteiger partial charge in [-0.1, -0.05) is 12.2 Å². The van der Waals surface area contributed by atoms with Gasteiger partial charge in [-0.3, -0.25) is 4.79 Å². The van der Waals surface area contributed by atoms with E-state index in [9.17, 15) is 4.79 Å². The molecule has 7 atom stereocenters. The Labute approximate surface area is 120 Å². The monoisotopic (exact) mass is 276 g/mol. The van der Waals surface area contributed by atoms with Gasteiger partial charge in [-0.2, -0.15) is 0 Å². The molecular weight excluding hydrogens is 252 g/mol. The Morgan fingerprint density at radius 3 is 2.60 bits per heavy atom. The van der Waals surface area contributed by atoms with Crippen LogP contribution in [-0.2, 0) is 14.3 Å². The number of carbonyl (C=O) groups excluding carboxylic acids is 1. The summed E-state index contributed by atoms with van der Waals surface area (Å²) in [6.07, 6.45) is 6.70. The maximum absolute atomic E-state index is 12.6. The molecule has 5 aliphatic rings. The van der Waals surface area contributed by atoms with Crippen molar-refractivity contribution in [2.24, 2.45) is 35.0 Å². The van der Waals surface area contributed by atoms with E-state index in [-0.39, 0.29) is 23.1 Å². The zero-order chi connectivity index (χ0) is 14.3. The van der Waals surface area contributed by atoms with Gasteiger partial charge in [0.1, 0.15) is 0 Å². The van der Waals surface area contributed by atoms with E-state index in [4.69, 9.17) is 9.47 Å². The van der Waals surface area contributed by atoms with Gasteiger partial charge in [0.15, 0.2) is 0 Å². The minimum Gasteiger partial charge on any atom is -0.469 e. The van der Waals surface area contributed by atoms with Crippen LogP contribution in [0.15, 0.2) is 12.2 Å². The van der Waals surface area contributed by atoms with E-state index in [1.165, 1.54) is 7.11 Å². The third-order valence-electron chi connectivity index (χ3n) is 6.10. The third kappa shape index (κ3) is 1.33. The van der Waals surface area contributed by atoms with Gasteiger partial charge in [-0.25, -0.2) is 0 Å². The fraction of sp³-hybridized carbons (Fsp3) is 0.824. The Kier molecular flexibility index (Phi) is 2.37. The first-order valence-electron chi connectivity index (χ1n) is 7.83. The number of rotatable bonds is 2. The standard InChI is InChI=1S/C17H24O3/c1-16(2,3)20-14-11-10-9-7-5-6-8-17(12(9)14,13(10)11)15(18)19-4/h5-6,9-14H,7-8H2,1-4H3/t9?,10?,11?,12?,13?,14-,17+/m1/s1. The number of ether oxygens (including phenoxy) is 2. The zero-order valence-electron chi connectivity index (χ0n) is 12.8. The second-order valence-electron chi connectivity index (χ2n) is 8.01. The van der Waals surface area contributed by atoms with Gasteiger partial charge in [0.05, 0.1) is 24.2 Å². The summed E-state index contributed by atoms with van der Waals surface area (Å²) in [5.41, 5.74) is -0.416. The lowest BCUT2D eigenvalue weighted by Crippen LogP contribution is -2.41. The first kappa shape index (κ1) is 12.9. The Hall–Kier alpha value is -0.830. The van der Waals surface area contributed by atoms with E-state index in [1.807, 2.05) is 0 Å². The molecule has 0 saturated heterocycles. The summed E-state index contributed by atoms with van der Waals surface area (Å²) >= 11 is 0. The fourth-order valence-corrected chi connectivity index (χ4v) is 5.85. The minimum absolute atomic E-state index is 0.00839. The van der Waals surface area contributed by atoms with Gasteiger partial charge < -0.3 is 9.47 Å². The zero-order valence-corrected chi connectivity index (χ0v) is 12.8. The van der Waals surface area contributed by atoms with Gasteiger partial charge in [-0.15, -0.1) is 0 Å². The Bertz CT molecular complexity index is 489. The summed E-state index contributed by atoms with van der Waals surface area (Å²) in [6.45, 7) is 6.35. The molecule has 0 N–H and O–H groups in total. The Morgan fingerprint density at radius 1 is 1.20 bits per heavy atom. The third-order valence-corrected chi connectivity index (χ3v) is 6.10. The lowest BCUT2D eigenvalue weighted by Gasteiger charge is -2.35. The average Bonchev–Trinajstić information content (AvgIpc) is 2.89. The van der Waals surface area contributed by atoms with Crippen LogP contribution in [0.3, 0.4) is 0 Å². The summed E-state index contributed by atoms with van der Waals surface area (Å²) < 4.78 is 11.6. The molecule has 3 nitrogen and oxygen atoms in total. The molecule has 5 rings (SSSR count). The number of allylic oxidation sites excluding steroid dienone is 2. The van der Waals surface area contributed by atoms with E-state index in [0.29, 0.717) is 29.6 Å². The van der Waals surface area contributed by atoms with Crippen molar-refractivity contribution in [1.29, 1.82) is 0 Å². The van der Waals surface area contributed by atoms with Crippen LogP contribution in [0.5, 0.6) is 0 Å². The number of hydrogen-bond acceptors (Lipinski definition) is 3. The van der Waals surface area contributed by atoms with Crippen molar-refractivity contribution in [3.63, 3.8) is 0 Å². The van der Waals surface area contributed by atoms with Gasteiger partial charge in [-0.05, 0) is 57.3 Å². The van der Waals surface area contributed by atoms with E-state index in [2.05, 4.69) is 32.9 Å². The molecule has 0 radical (unpaired) electrons. The van der Waals surface area contributed by atoms with Crippen LogP contribution in [0.4, 0.5) is 0 Å². The lowest BCUT2D eigenvalue weighted by atomic mass is 9.73. The Morgan fingerprint density at radius 2 is 1.95 bits per heavy atom. The normalized spacial score (nSPS) is 51.0. The summed E-state index contributed by atoms with van der Waals surface area (Å²) in [5.74, 6) is 2.83. The predicted molar refractivity (Wildman–Crippen MR) is 74.9 cm³/mol. The van der Waals surface area contributed by atoms with Crippen LogP contribution in [0.2, 0.25) is 0 Å². The van der Waals surface area contributed by atoms with Crippen molar-refractivity contribution in [3.05, 3.63) is 12.2 Å². The highest BCUT2D eigenvalue weighted by Gasteiger charge is 2.86. The lowest BCUT2D eigenvalue weighted by molar-refractivity contribution is -0.160. The molecule has 5 unspecified atom stereocenters. The van der Waals surface area contributed by atoms with E-state index >= 15 is 0 Å². The largest absolute Gasteiger partial charge is 0.469 e. The van der Waals surface area contributed by atoms with Crippen molar-refractivity contribution in [2.45, 2.75) is 45.3 Å². The first-order valence-corrected chi connectivity index (χ1v) is 7.83. The summed E-state index contributed by atoms with van der Waals surface area (Å²) in [7, 11) is 1.54. The average molecular weight is 276 g/mol. The van der Waals surface area contributed by atoms with Crippen LogP contribution in [0.1, 0.15) is 33.6 Å². The Balaban J connectivity index is 1.74. The van der Waals surface area contributed by atoms with Gasteiger partial charge >= 0.3 is 5.97 Å². The number of carbonyl (C=O) groups is 1. The highest BCUT2D eigenvalue weighted by molar-refractivity contribution is 5.81. The molecule has 5 aliphatic carbocycles. The summed E-state index contributed by atoms with van der Waals surface area (Å²) in [5, 5.41) is 0. The molecular formula is C17H24O3. The van der Waals surface area contributed by atoms with Crippen molar-refractivity contribution in [1.82, 2.24) is 0 Å². The number of esters is 1. The van der Waals surface area contributed by atoms with Crippen LogP contribution < -0.4 is 0 Å². The molecule has 0 amide bonds. The van der Waals surface area contributed by atoms with Crippen molar-refractivity contribution >= 4 is 5.97 Å². The molecule has 3 heteroatoms. The second kappa shape index (κ2) is 3.68. The fourth-order valence-electron chi connectivity index (χ4n) is 5.85. The summed E-state index contributed by atoms with van der Waals surface area (Å²) in [6, 6.07) is 0. The molecule has 4 saturated carbocycles. The molecule has 20 heavy (non-hydrogen) atoms. The van der Waals surface area contributed by atoms with Crippen LogP contribution in [0.25, 0.3) is 0 Å². The van der Waals surface area contributed by atoms with Crippen molar-refractivity contribution in [2.75, 3.05) is 7.11 Å². The van der Waals surface area contributed by atoms with Crippen molar-refractivity contribution < 1.29 is 14.3 Å². The topological polar surface area (TPSA) is 35.5 Å². The molecule has 110 valence electrons. The molecule has 0 aromatic heterocycles. The number of methoxy groups -OCH3 is 1. The van der Waals surface area contributed by atoms with E-state index < -0.39 is 0 Å². The molecule has 0 spiro atoms. The quantitative estimate of drug-likeness (QED) is 0.574. The summed E-state index contributed by atoms with van der Waals surface area (Å²) in [4.78, 5) is 12.6. The smallest absolute Gasteiger partial charge is 0.312 e. The van der Waals surface area contributed by atoms with Crippen molar-refractivity contribution in [3.8, 4) is 0 Å². The second-order valence-corrected chi connectivity index (χ2v) is 8.01. The SMILES string of the molecule is COC(=O)[C@]12CC=CCC3C4C(C41)[C@@H](OC(C)(C)C)C32. The molecule has 0 aromatic rings. The molecule has 4 fully saturated rings. The van der Waals surface area contributed by atoms with Crippen LogP contribution >= 0.6 is 0 Å². The van der Waals surface area contributed by atoms with Crippen LogP contribution in [-0.4, -0.2) is 24.8 Å². The molecule has 0 aromatic carbocycles. The van der Waals surface area contributed by atoms with Gasteiger partial charge in [0.2, 0.25) is 0 Å².